The Morgan fingerprint density at radius 2 is 1.83 bits per heavy atom. The highest BCUT2D eigenvalue weighted by Gasteiger charge is 2.19. The monoisotopic (exact) mass is 412 g/mol. The number of allylic oxidation sites excluding steroid dienone is 1. The van der Waals surface area contributed by atoms with Gasteiger partial charge in [-0.15, -0.1) is 6.58 Å². The van der Waals surface area contributed by atoms with Gasteiger partial charge in [-0.05, 0) is 55.3 Å². The SMILES string of the molecule is C=CCc1ccc(OCC(=O)O[C@H](C)C(=O)Nc2ccc(C(N)=O)cc2)c(OC)c1. The minimum Gasteiger partial charge on any atom is -0.493 e. The first kappa shape index (κ1) is 22.5. The Kier molecular flexibility index (Phi) is 7.99. The van der Waals surface area contributed by atoms with E-state index < -0.39 is 23.9 Å². The summed E-state index contributed by atoms with van der Waals surface area (Å²) >= 11 is 0. The fraction of sp³-hybridized carbons (Fsp3) is 0.227. The molecule has 8 heteroatoms. The molecule has 2 aromatic rings. The maximum Gasteiger partial charge on any atom is 0.344 e. The van der Waals surface area contributed by atoms with Gasteiger partial charge in [0.15, 0.2) is 24.2 Å². The summed E-state index contributed by atoms with van der Waals surface area (Å²) in [6.07, 6.45) is 1.40. The normalized spacial score (nSPS) is 11.1. The minimum atomic E-state index is -1.05. The van der Waals surface area contributed by atoms with Gasteiger partial charge < -0.3 is 25.3 Å². The third kappa shape index (κ3) is 6.37. The molecular formula is C22H24N2O6. The average molecular weight is 412 g/mol. The third-order valence-electron chi connectivity index (χ3n) is 4.07. The van der Waals surface area contributed by atoms with E-state index in [2.05, 4.69) is 11.9 Å². The second kappa shape index (κ2) is 10.7. The molecule has 0 aliphatic carbocycles. The minimum absolute atomic E-state index is 0.317. The number of benzene rings is 2. The van der Waals surface area contributed by atoms with Gasteiger partial charge in [0.25, 0.3) is 5.91 Å². The van der Waals surface area contributed by atoms with Crippen LogP contribution in [0.15, 0.2) is 55.1 Å². The molecule has 0 aliphatic rings. The summed E-state index contributed by atoms with van der Waals surface area (Å²) in [6, 6.07) is 11.3. The fourth-order valence-corrected chi connectivity index (χ4v) is 2.51. The Morgan fingerprint density at radius 1 is 1.13 bits per heavy atom. The molecule has 3 N–H and O–H groups in total. The Bertz CT molecular complexity index is 924. The molecule has 0 spiro atoms. The molecule has 0 fully saturated rings. The number of carbonyl (C=O) groups excluding carboxylic acids is 3. The number of methoxy groups -OCH3 is 1. The van der Waals surface area contributed by atoms with Gasteiger partial charge in [0.1, 0.15) is 0 Å². The van der Waals surface area contributed by atoms with Crippen LogP contribution in [-0.4, -0.2) is 37.6 Å². The van der Waals surface area contributed by atoms with Gasteiger partial charge in [0.05, 0.1) is 7.11 Å². The van der Waals surface area contributed by atoms with Gasteiger partial charge in [-0.2, -0.15) is 0 Å². The van der Waals surface area contributed by atoms with Gasteiger partial charge in [0.2, 0.25) is 5.91 Å². The van der Waals surface area contributed by atoms with Crippen molar-refractivity contribution in [2.45, 2.75) is 19.4 Å². The lowest BCUT2D eigenvalue weighted by Crippen LogP contribution is -2.31. The summed E-state index contributed by atoms with van der Waals surface area (Å²) in [5, 5.41) is 2.59. The lowest BCUT2D eigenvalue weighted by Gasteiger charge is -2.15. The van der Waals surface area contributed by atoms with Gasteiger partial charge >= 0.3 is 5.97 Å². The van der Waals surface area contributed by atoms with Gasteiger partial charge in [-0.1, -0.05) is 12.1 Å². The van der Waals surface area contributed by atoms with E-state index in [0.717, 1.165) is 5.56 Å². The molecule has 1 atom stereocenters. The molecular weight excluding hydrogens is 388 g/mol. The molecule has 30 heavy (non-hydrogen) atoms. The molecule has 0 radical (unpaired) electrons. The van der Waals surface area contributed by atoms with Crippen LogP contribution >= 0.6 is 0 Å². The van der Waals surface area contributed by atoms with Crippen molar-refractivity contribution in [2.75, 3.05) is 19.0 Å². The van der Waals surface area contributed by atoms with Crippen molar-refractivity contribution in [3.05, 3.63) is 66.2 Å². The molecule has 0 aliphatic heterocycles. The van der Waals surface area contributed by atoms with Crippen molar-refractivity contribution >= 4 is 23.5 Å². The number of hydrogen-bond acceptors (Lipinski definition) is 6. The molecule has 0 saturated heterocycles. The highest BCUT2D eigenvalue weighted by atomic mass is 16.6. The molecule has 8 nitrogen and oxygen atoms in total. The summed E-state index contributed by atoms with van der Waals surface area (Å²) < 4.78 is 15.8. The van der Waals surface area contributed by atoms with Crippen LogP contribution in [0.25, 0.3) is 0 Å². The van der Waals surface area contributed by atoms with Crippen molar-refractivity contribution in [3.63, 3.8) is 0 Å². The zero-order chi connectivity index (χ0) is 22.1. The summed E-state index contributed by atoms with van der Waals surface area (Å²) in [6.45, 7) is 4.74. The van der Waals surface area contributed by atoms with E-state index in [-0.39, 0.29) is 6.61 Å². The van der Waals surface area contributed by atoms with Crippen LogP contribution in [0.5, 0.6) is 11.5 Å². The molecule has 158 valence electrons. The first-order valence-corrected chi connectivity index (χ1v) is 9.15. The van der Waals surface area contributed by atoms with Crippen LogP contribution < -0.4 is 20.5 Å². The lowest BCUT2D eigenvalue weighted by atomic mass is 10.1. The number of anilines is 1. The maximum absolute atomic E-state index is 12.2. The number of primary amides is 1. The quantitative estimate of drug-likeness (QED) is 0.457. The van der Waals surface area contributed by atoms with E-state index in [0.29, 0.717) is 29.2 Å². The molecule has 0 saturated carbocycles. The molecule has 2 rings (SSSR count). The Balaban J connectivity index is 1.87. The fourth-order valence-electron chi connectivity index (χ4n) is 2.51. The number of nitrogens with two attached hydrogens (primary N) is 1. The Labute approximate surface area is 174 Å². The maximum atomic E-state index is 12.2. The van der Waals surface area contributed by atoms with E-state index >= 15 is 0 Å². The lowest BCUT2D eigenvalue weighted by molar-refractivity contribution is -0.155. The van der Waals surface area contributed by atoms with Crippen LogP contribution in [0, 0.1) is 0 Å². The standard InChI is InChI=1S/C22H24N2O6/c1-4-5-15-6-11-18(19(12-15)28-3)29-13-20(25)30-14(2)22(27)24-17-9-7-16(8-10-17)21(23)26/h4,6-12,14H,1,5,13H2,2-3H3,(H2,23,26)(H,24,27)/t14-/m1/s1. The van der Waals surface area contributed by atoms with Crippen molar-refractivity contribution < 1.29 is 28.6 Å². The largest absolute Gasteiger partial charge is 0.493 e. The average Bonchev–Trinajstić information content (AvgIpc) is 2.73. The number of ether oxygens (including phenoxy) is 3. The van der Waals surface area contributed by atoms with E-state index in [1.54, 1.807) is 18.2 Å². The number of amides is 2. The van der Waals surface area contributed by atoms with Crippen LogP contribution in [0.3, 0.4) is 0 Å². The molecule has 0 heterocycles. The predicted octanol–water partition coefficient (Wildman–Crippen LogP) is 2.47. The van der Waals surface area contributed by atoms with Gasteiger partial charge in [0, 0.05) is 11.3 Å². The summed E-state index contributed by atoms with van der Waals surface area (Å²) in [4.78, 5) is 35.3. The number of rotatable bonds is 10. The van der Waals surface area contributed by atoms with E-state index in [1.807, 2.05) is 6.07 Å². The summed E-state index contributed by atoms with van der Waals surface area (Å²) in [5.41, 5.74) is 6.92. The zero-order valence-electron chi connectivity index (χ0n) is 16.8. The van der Waals surface area contributed by atoms with Crippen molar-refractivity contribution in [2.24, 2.45) is 5.73 Å². The topological polar surface area (TPSA) is 117 Å². The first-order chi connectivity index (χ1) is 14.3. The highest BCUT2D eigenvalue weighted by molar-refractivity contribution is 5.96. The number of esters is 1. The highest BCUT2D eigenvalue weighted by Crippen LogP contribution is 2.28. The Morgan fingerprint density at radius 3 is 2.43 bits per heavy atom. The Hall–Kier alpha value is -3.81. The van der Waals surface area contributed by atoms with E-state index in [4.69, 9.17) is 19.9 Å². The molecule has 2 amide bonds. The first-order valence-electron chi connectivity index (χ1n) is 9.15. The van der Waals surface area contributed by atoms with Crippen molar-refractivity contribution in [3.8, 4) is 11.5 Å². The second-order valence-corrected chi connectivity index (χ2v) is 6.33. The number of nitrogens with one attached hydrogen (secondary N) is 1. The van der Waals surface area contributed by atoms with E-state index in [1.165, 1.54) is 38.3 Å². The number of carbonyl (C=O) groups is 3. The molecule has 0 aromatic heterocycles. The predicted molar refractivity (Wildman–Crippen MR) is 112 cm³/mol. The van der Waals surface area contributed by atoms with Gasteiger partial charge in [-0.3, -0.25) is 9.59 Å². The smallest absolute Gasteiger partial charge is 0.344 e. The summed E-state index contributed by atoms with van der Waals surface area (Å²) in [7, 11) is 1.50. The third-order valence-corrected chi connectivity index (χ3v) is 4.07. The van der Waals surface area contributed by atoms with E-state index in [9.17, 15) is 14.4 Å². The van der Waals surface area contributed by atoms with Crippen molar-refractivity contribution in [1.82, 2.24) is 0 Å². The number of hydrogen-bond donors (Lipinski definition) is 2. The molecule has 2 aromatic carbocycles. The molecule has 0 unspecified atom stereocenters. The van der Waals surface area contributed by atoms with Gasteiger partial charge in [-0.25, -0.2) is 4.79 Å². The van der Waals surface area contributed by atoms with Crippen LogP contribution in [0.1, 0.15) is 22.8 Å². The second-order valence-electron chi connectivity index (χ2n) is 6.33. The van der Waals surface area contributed by atoms with Crippen LogP contribution in [-0.2, 0) is 20.7 Å². The zero-order valence-corrected chi connectivity index (χ0v) is 16.8. The molecule has 0 bridgehead atoms. The van der Waals surface area contributed by atoms with Crippen molar-refractivity contribution in [1.29, 1.82) is 0 Å². The van der Waals surface area contributed by atoms with Crippen LogP contribution in [0.2, 0.25) is 0 Å². The summed E-state index contributed by atoms with van der Waals surface area (Å²) in [5.74, 6) is -0.941. The van der Waals surface area contributed by atoms with Crippen LogP contribution in [0.4, 0.5) is 5.69 Å².